The van der Waals surface area contributed by atoms with Crippen molar-refractivity contribution in [3.63, 3.8) is 0 Å². The molecule has 0 spiro atoms. The summed E-state index contributed by atoms with van der Waals surface area (Å²) in [5.74, 6) is 0.354. The molecule has 1 aromatic heterocycles. The van der Waals surface area contributed by atoms with Gasteiger partial charge in [0, 0.05) is 19.1 Å². The van der Waals surface area contributed by atoms with Crippen LogP contribution in [0.5, 0.6) is 0 Å². The van der Waals surface area contributed by atoms with Crippen LogP contribution < -0.4 is 16.4 Å². The zero-order valence-electron chi connectivity index (χ0n) is 9.90. The van der Waals surface area contributed by atoms with E-state index >= 15 is 0 Å². The second-order valence-corrected chi connectivity index (χ2v) is 4.43. The summed E-state index contributed by atoms with van der Waals surface area (Å²) in [5, 5.41) is 0. The molecule has 0 aromatic carbocycles. The number of nitrogens with zero attached hydrogens (tertiary/aromatic N) is 3. The summed E-state index contributed by atoms with van der Waals surface area (Å²) in [6.07, 6.45) is 2.06. The molecule has 5 heteroatoms. The first kappa shape index (κ1) is 11.1. The van der Waals surface area contributed by atoms with Crippen molar-refractivity contribution < 1.29 is 0 Å². The molecule has 2 heterocycles. The lowest BCUT2D eigenvalue weighted by Gasteiger charge is -2.33. The Labute approximate surface area is 95.9 Å². The largest absolute Gasteiger partial charge is 0.368 e. The highest BCUT2D eigenvalue weighted by Crippen LogP contribution is 2.25. The molecule has 16 heavy (non-hydrogen) atoms. The van der Waals surface area contributed by atoms with Crippen LogP contribution in [0, 0.1) is 13.8 Å². The molecular formula is C11H19N5. The fourth-order valence-electron chi connectivity index (χ4n) is 2.32. The number of nitrogen functional groups attached to an aromatic ring is 1. The lowest BCUT2D eigenvalue weighted by atomic mass is 10.0. The van der Waals surface area contributed by atoms with Crippen LogP contribution in [0.3, 0.4) is 0 Å². The number of hydrogen-bond donors (Lipinski definition) is 2. The Balaban J connectivity index is 2.26. The molecule has 0 atom stereocenters. The molecule has 0 unspecified atom stereocenters. The Hall–Kier alpha value is -1.36. The predicted molar refractivity (Wildman–Crippen MR) is 65.3 cm³/mol. The van der Waals surface area contributed by atoms with Gasteiger partial charge in [-0.05, 0) is 26.7 Å². The number of aryl methyl sites for hydroxylation is 2. The molecule has 1 aromatic rings. The second kappa shape index (κ2) is 4.25. The molecule has 0 bridgehead atoms. The number of nitrogens with two attached hydrogens (primary N) is 2. The molecule has 1 saturated heterocycles. The van der Waals surface area contributed by atoms with Crippen molar-refractivity contribution in [2.24, 2.45) is 5.73 Å². The highest BCUT2D eigenvalue weighted by Gasteiger charge is 2.20. The van der Waals surface area contributed by atoms with Crippen LogP contribution >= 0.6 is 0 Å². The van der Waals surface area contributed by atoms with Gasteiger partial charge in [-0.2, -0.15) is 0 Å². The van der Waals surface area contributed by atoms with Crippen LogP contribution in [-0.2, 0) is 0 Å². The summed E-state index contributed by atoms with van der Waals surface area (Å²) < 4.78 is 0. The molecule has 1 aliphatic heterocycles. The zero-order valence-corrected chi connectivity index (χ0v) is 9.90. The highest BCUT2D eigenvalue weighted by atomic mass is 15.2. The van der Waals surface area contributed by atoms with Crippen molar-refractivity contribution in [3.8, 4) is 0 Å². The van der Waals surface area contributed by atoms with Gasteiger partial charge in [0.1, 0.15) is 0 Å². The average Bonchev–Trinajstić information content (AvgIpc) is 2.19. The third-order valence-electron chi connectivity index (χ3n) is 3.11. The van der Waals surface area contributed by atoms with Gasteiger partial charge in [0.2, 0.25) is 5.95 Å². The topological polar surface area (TPSA) is 81.1 Å². The maximum absolute atomic E-state index is 5.90. The zero-order chi connectivity index (χ0) is 11.7. The van der Waals surface area contributed by atoms with Crippen molar-refractivity contribution in [1.82, 2.24) is 9.97 Å². The first-order valence-electron chi connectivity index (χ1n) is 5.69. The molecule has 1 fully saturated rings. The minimum atomic E-state index is 0.339. The Morgan fingerprint density at radius 3 is 2.12 bits per heavy atom. The van der Waals surface area contributed by atoms with E-state index in [-0.39, 0.29) is 0 Å². The molecule has 4 N–H and O–H groups in total. The van der Waals surface area contributed by atoms with Gasteiger partial charge in [-0.3, -0.25) is 0 Å². The van der Waals surface area contributed by atoms with E-state index in [0.717, 1.165) is 43.0 Å². The van der Waals surface area contributed by atoms with E-state index in [4.69, 9.17) is 11.5 Å². The second-order valence-electron chi connectivity index (χ2n) is 4.43. The van der Waals surface area contributed by atoms with E-state index < -0.39 is 0 Å². The van der Waals surface area contributed by atoms with Gasteiger partial charge < -0.3 is 16.4 Å². The Kier molecular flexibility index (Phi) is 2.96. The van der Waals surface area contributed by atoms with E-state index in [1.807, 2.05) is 13.8 Å². The van der Waals surface area contributed by atoms with Gasteiger partial charge in [-0.25, -0.2) is 9.97 Å². The lowest BCUT2D eigenvalue weighted by molar-refractivity contribution is 0.499. The summed E-state index contributed by atoms with van der Waals surface area (Å²) in [6, 6.07) is 0.339. The van der Waals surface area contributed by atoms with E-state index in [9.17, 15) is 0 Å². The normalized spacial score (nSPS) is 17.8. The molecule has 0 amide bonds. The number of aromatic nitrogens is 2. The van der Waals surface area contributed by atoms with E-state index in [1.165, 1.54) is 0 Å². The van der Waals surface area contributed by atoms with Gasteiger partial charge in [0.05, 0.1) is 17.1 Å². The standard InChI is InChI=1S/C11H19N5/c1-7-10(8(2)15-11(13)14-7)16-5-3-9(12)4-6-16/h9H,3-6,12H2,1-2H3,(H2,13,14,15). The minimum absolute atomic E-state index is 0.339. The number of anilines is 2. The quantitative estimate of drug-likeness (QED) is 0.726. The molecular weight excluding hydrogens is 202 g/mol. The molecule has 0 aliphatic carbocycles. The minimum Gasteiger partial charge on any atom is -0.368 e. The molecule has 88 valence electrons. The lowest BCUT2D eigenvalue weighted by Crippen LogP contribution is -2.40. The molecule has 0 saturated carbocycles. The number of hydrogen-bond acceptors (Lipinski definition) is 5. The van der Waals surface area contributed by atoms with E-state index in [0.29, 0.717) is 12.0 Å². The SMILES string of the molecule is Cc1nc(N)nc(C)c1N1CCC(N)CC1. The molecule has 0 radical (unpaired) electrons. The van der Waals surface area contributed by atoms with Gasteiger partial charge in [0.15, 0.2) is 0 Å². The van der Waals surface area contributed by atoms with E-state index in [1.54, 1.807) is 0 Å². The van der Waals surface area contributed by atoms with Crippen LogP contribution in [0.25, 0.3) is 0 Å². The Bertz CT molecular complexity index is 359. The monoisotopic (exact) mass is 221 g/mol. The first-order chi connectivity index (χ1) is 7.58. The summed E-state index contributed by atoms with van der Waals surface area (Å²) in [5.41, 5.74) is 14.6. The van der Waals surface area contributed by atoms with Crippen molar-refractivity contribution in [2.45, 2.75) is 32.7 Å². The highest BCUT2D eigenvalue weighted by molar-refractivity contribution is 5.55. The molecule has 2 rings (SSSR count). The van der Waals surface area contributed by atoms with E-state index in [2.05, 4.69) is 14.9 Å². The predicted octanol–water partition coefficient (Wildman–Crippen LogP) is 0.603. The fraction of sp³-hybridized carbons (Fsp3) is 0.636. The third kappa shape index (κ3) is 2.09. The van der Waals surface area contributed by atoms with Gasteiger partial charge in [-0.15, -0.1) is 0 Å². The number of rotatable bonds is 1. The van der Waals surface area contributed by atoms with Crippen molar-refractivity contribution in [1.29, 1.82) is 0 Å². The van der Waals surface area contributed by atoms with Crippen LogP contribution in [0.4, 0.5) is 11.6 Å². The molecule has 1 aliphatic rings. The number of piperidine rings is 1. The summed E-state index contributed by atoms with van der Waals surface area (Å²) in [4.78, 5) is 10.8. The van der Waals surface area contributed by atoms with Crippen LogP contribution in [0.1, 0.15) is 24.2 Å². The van der Waals surface area contributed by atoms with Crippen molar-refractivity contribution in [2.75, 3.05) is 23.7 Å². The maximum Gasteiger partial charge on any atom is 0.220 e. The smallest absolute Gasteiger partial charge is 0.220 e. The van der Waals surface area contributed by atoms with Crippen LogP contribution in [0.15, 0.2) is 0 Å². The van der Waals surface area contributed by atoms with Crippen LogP contribution in [0.2, 0.25) is 0 Å². The molecule has 5 nitrogen and oxygen atoms in total. The fourth-order valence-corrected chi connectivity index (χ4v) is 2.32. The first-order valence-corrected chi connectivity index (χ1v) is 5.69. The summed E-state index contributed by atoms with van der Waals surface area (Å²) in [7, 11) is 0. The van der Waals surface area contributed by atoms with Crippen LogP contribution in [-0.4, -0.2) is 29.1 Å². The van der Waals surface area contributed by atoms with Gasteiger partial charge >= 0.3 is 0 Å². The van der Waals surface area contributed by atoms with Gasteiger partial charge in [0.25, 0.3) is 0 Å². The summed E-state index contributed by atoms with van der Waals surface area (Å²) in [6.45, 7) is 5.93. The Morgan fingerprint density at radius 2 is 1.62 bits per heavy atom. The summed E-state index contributed by atoms with van der Waals surface area (Å²) >= 11 is 0. The average molecular weight is 221 g/mol. The van der Waals surface area contributed by atoms with Gasteiger partial charge in [-0.1, -0.05) is 0 Å². The Morgan fingerprint density at radius 1 is 1.12 bits per heavy atom. The maximum atomic E-state index is 5.90. The van der Waals surface area contributed by atoms with Crippen molar-refractivity contribution in [3.05, 3.63) is 11.4 Å². The van der Waals surface area contributed by atoms with Crippen molar-refractivity contribution >= 4 is 11.6 Å². The third-order valence-corrected chi connectivity index (χ3v) is 3.11.